The largest absolute Gasteiger partial charge is 0.496 e. The summed E-state index contributed by atoms with van der Waals surface area (Å²) in [5.74, 6) is 0.813. The monoisotopic (exact) mass is 427 g/mol. The molecular formula is C22H22ClN3O4. The Morgan fingerprint density at radius 3 is 2.43 bits per heavy atom. The van der Waals surface area contributed by atoms with Crippen LogP contribution in [0.5, 0.6) is 11.5 Å². The number of amides is 3. The van der Waals surface area contributed by atoms with Crippen molar-refractivity contribution in [2.24, 2.45) is 0 Å². The summed E-state index contributed by atoms with van der Waals surface area (Å²) in [6.45, 7) is 1.92. The maximum atomic E-state index is 12.9. The Balaban J connectivity index is 1.70. The van der Waals surface area contributed by atoms with Crippen LogP contribution in [0.15, 0.2) is 42.1 Å². The van der Waals surface area contributed by atoms with Crippen LogP contribution in [0.4, 0.5) is 16.2 Å². The number of nitrogens with zero attached hydrogens (tertiary/aromatic N) is 2. The fourth-order valence-corrected chi connectivity index (χ4v) is 3.95. The lowest BCUT2D eigenvalue weighted by molar-refractivity contribution is -0.113. The molecule has 0 unspecified atom stereocenters. The number of halogens is 1. The molecule has 156 valence electrons. The standard InChI is InChI=1S/C22H22ClN3O4/c1-29-19-13-18(25-8-3-4-9-25)20(30-2)11-14(19)10-17-21(27)26(22(28)24-17)16-7-5-6-15(23)12-16/h5-7,10-13H,3-4,8-9H2,1-2H3,(H,24,28)/b17-10+. The SMILES string of the molecule is COc1cc(N2CCCC2)c(OC)cc1/C=C1/NC(=O)N(c2cccc(Cl)c2)C1=O. The zero-order valence-corrected chi connectivity index (χ0v) is 17.5. The lowest BCUT2D eigenvalue weighted by atomic mass is 10.1. The van der Waals surface area contributed by atoms with Crippen molar-refractivity contribution in [2.45, 2.75) is 12.8 Å². The fraction of sp³-hybridized carbons (Fsp3) is 0.273. The summed E-state index contributed by atoms with van der Waals surface area (Å²) in [6.07, 6.45) is 3.87. The van der Waals surface area contributed by atoms with Gasteiger partial charge in [-0.2, -0.15) is 0 Å². The molecule has 1 N–H and O–H groups in total. The summed E-state index contributed by atoms with van der Waals surface area (Å²) < 4.78 is 11.2. The van der Waals surface area contributed by atoms with Crippen molar-refractivity contribution in [2.75, 3.05) is 37.1 Å². The molecule has 0 aromatic heterocycles. The first-order valence-corrected chi connectivity index (χ1v) is 10.0. The summed E-state index contributed by atoms with van der Waals surface area (Å²) in [7, 11) is 3.19. The van der Waals surface area contributed by atoms with Gasteiger partial charge in [-0.1, -0.05) is 17.7 Å². The van der Waals surface area contributed by atoms with E-state index < -0.39 is 11.9 Å². The van der Waals surface area contributed by atoms with Crippen LogP contribution in [0.3, 0.4) is 0 Å². The molecule has 0 radical (unpaired) electrons. The molecule has 4 rings (SSSR count). The van der Waals surface area contributed by atoms with Crippen LogP contribution in [0.2, 0.25) is 5.02 Å². The molecule has 30 heavy (non-hydrogen) atoms. The van der Waals surface area contributed by atoms with Crippen LogP contribution in [0.25, 0.3) is 6.08 Å². The molecule has 0 aliphatic carbocycles. The number of urea groups is 1. The summed E-state index contributed by atoms with van der Waals surface area (Å²) in [5, 5.41) is 3.07. The van der Waals surface area contributed by atoms with Crippen LogP contribution >= 0.6 is 11.6 Å². The number of benzene rings is 2. The van der Waals surface area contributed by atoms with Crippen LogP contribution in [-0.4, -0.2) is 39.2 Å². The number of nitrogens with one attached hydrogen (secondary N) is 1. The third-order valence-electron chi connectivity index (χ3n) is 5.22. The lowest BCUT2D eigenvalue weighted by Crippen LogP contribution is -2.30. The van der Waals surface area contributed by atoms with Crippen molar-refractivity contribution in [1.29, 1.82) is 0 Å². The Morgan fingerprint density at radius 1 is 1.03 bits per heavy atom. The van der Waals surface area contributed by atoms with Crippen LogP contribution in [0.1, 0.15) is 18.4 Å². The Bertz CT molecular complexity index is 1030. The van der Waals surface area contributed by atoms with Crippen LogP contribution in [0, 0.1) is 0 Å². The van der Waals surface area contributed by atoms with E-state index in [2.05, 4.69) is 10.2 Å². The van der Waals surface area contributed by atoms with Gasteiger partial charge in [-0.25, -0.2) is 9.69 Å². The maximum Gasteiger partial charge on any atom is 0.333 e. The van der Waals surface area contributed by atoms with Gasteiger partial charge in [-0.15, -0.1) is 0 Å². The van der Waals surface area contributed by atoms with Crippen molar-refractivity contribution in [3.8, 4) is 11.5 Å². The lowest BCUT2D eigenvalue weighted by Gasteiger charge is -2.22. The molecule has 3 amide bonds. The first kappa shape index (κ1) is 20.1. The van der Waals surface area contributed by atoms with Crippen molar-refractivity contribution in [3.05, 3.63) is 52.7 Å². The second kappa shape index (κ2) is 8.28. The zero-order valence-electron chi connectivity index (χ0n) is 16.8. The van der Waals surface area contributed by atoms with Gasteiger partial charge in [0.15, 0.2) is 0 Å². The Kier molecular flexibility index (Phi) is 5.55. The Hall–Kier alpha value is -3.19. The topological polar surface area (TPSA) is 71.1 Å². The normalized spacial score (nSPS) is 17.6. The number of anilines is 2. The number of hydrogen-bond acceptors (Lipinski definition) is 5. The second-order valence-electron chi connectivity index (χ2n) is 7.07. The molecule has 0 spiro atoms. The number of carbonyl (C=O) groups excluding carboxylic acids is 2. The molecule has 0 atom stereocenters. The first-order chi connectivity index (χ1) is 14.5. The zero-order chi connectivity index (χ0) is 21.3. The van der Waals surface area contributed by atoms with Crippen molar-refractivity contribution >= 4 is 41.0 Å². The minimum Gasteiger partial charge on any atom is -0.496 e. The molecule has 2 saturated heterocycles. The van der Waals surface area contributed by atoms with E-state index >= 15 is 0 Å². The molecule has 0 bridgehead atoms. The van der Waals surface area contributed by atoms with Gasteiger partial charge >= 0.3 is 6.03 Å². The first-order valence-electron chi connectivity index (χ1n) is 9.65. The summed E-state index contributed by atoms with van der Waals surface area (Å²) in [6, 6.07) is 9.78. The third kappa shape index (κ3) is 3.68. The summed E-state index contributed by atoms with van der Waals surface area (Å²) in [5.41, 5.74) is 2.14. The number of imide groups is 1. The number of hydrogen-bond donors (Lipinski definition) is 1. The summed E-state index contributed by atoms with van der Waals surface area (Å²) in [4.78, 5) is 28.7. The van der Waals surface area contributed by atoms with E-state index in [0.29, 0.717) is 27.8 Å². The van der Waals surface area contributed by atoms with E-state index in [1.54, 1.807) is 44.6 Å². The van der Waals surface area contributed by atoms with Gasteiger partial charge in [0.2, 0.25) is 0 Å². The highest BCUT2D eigenvalue weighted by molar-refractivity contribution is 6.32. The van der Waals surface area contributed by atoms with Gasteiger partial charge in [-0.05, 0) is 43.2 Å². The predicted molar refractivity (Wildman–Crippen MR) is 116 cm³/mol. The fourth-order valence-electron chi connectivity index (χ4n) is 3.76. The highest BCUT2D eigenvalue weighted by atomic mass is 35.5. The number of methoxy groups -OCH3 is 2. The Morgan fingerprint density at radius 2 is 1.77 bits per heavy atom. The van der Waals surface area contributed by atoms with Gasteiger partial charge in [0.1, 0.15) is 17.2 Å². The van der Waals surface area contributed by atoms with E-state index in [0.717, 1.165) is 36.5 Å². The van der Waals surface area contributed by atoms with Gasteiger partial charge in [-0.3, -0.25) is 4.79 Å². The van der Waals surface area contributed by atoms with Gasteiger partial charge in [0, 0.05) is 29.7 Å². The van der Waals surface area contributed by atoms with E-state index in [1.165, 1.54) is 0 Å². The number of carbonyl (C=O) groups is 2. The van der Waals surface area contributed by atoms with Gasteiger partial charge in [0.05, 0.1) is 25.6 Å². The van der Waals surface area contributed by atoms with E-state index in [4.69, 9.17) is 21.1 Å². The molecule has 2 aromatic rings. The molecule has 2 aromatic carbocycles. The molecule has 2 aliphatic heterocycles. The van der Waals surface area contributed by atoms with Crippen molar-refractivity contribution in [3.63, 3.8) is 0 Å². The minimum atomic E-state index is -0.534. The molecule has 2 heterocycles. The van der Waals surface area contributed by atoms with Crippen molar-refractivity contribution < 1.29 is 19.1 Å². The molecule has 2 fully saturated rings. The minimum absolute atomic E-state index is 0.147. The second-order valence-corrected chi connectivity index (χ2v) is 7.51. The van der Waals surface area contributed by atoms with E-state index in [9.17, 15) is 9.59 Å². The molecule has 8 heteroatoms. The average molecular weight is 428 g/mol. The highest BCUT2D eigenvalue weighted by Crippen LogP contribution is 2.38. The molecular weight excluding hydrogens is 406 g/mol. The van der Waals surface area contributed by atoms with Gasteiger partial charge < -0.3 is 19.7 Å². The summed E-state index contributed by atoms with van der Waals surface area (Å²) >= 11 is 6.01. The van der Waals surface area contributed by atoms with Gasteiger partial charge in [0.25, 0.3) is 5.91 Å². The smallest absolute Gasteiger partial charge is 0.333 e. The third-order valence-corrected chi connectivity index (χ3v) is 5.46. The Labute approximate surface area is 179 Å². The van der Waals surface area contributed by atoms with Crippen LogP contribution in [-0.2, 0) is 4.79 Å². The quantitative estimate of drug-likeness (QED) is 0.575. The number of ether oxygens (including phenoxy) is 2. The van der Waals surface area contributed by atoms with E-state index in [-0.39, 0.29) is 5.70 Å². The number of rotatable bonds is 5. The van der Waals surface area contributed by atoms with Crippen LogP contribution < -0.4 is 24.6 Å². The molecule has 7 nitrogen and oxygen atoms in total. The van der Waals surface area contributed by atoms with Crippen molar-refractivity contribution in [1.82, 2.24) is 5.32 Å². The highest BCUT2D eigenvalue weighted by Gasteiger charge is 2.35. The average Bonchev–Trinajstić information content (AvgIpc) is 3.36. The maximum absolute atomic E-state index is 12.9. The van der Waals surface area contributed by atoms with E-state index in [1.807, 2.05) is 12.1 Å². The molecule has 2 aliphatic rings. The molecule has 0 saturated carbocycles. The predicted octanol–water partition coefficient (Wildman–Crippen LogP) is 4.05.